The maximum atomic E-state index is 6.43. The number of hydrogen-bond acceptors (Lipinski definition) is 2. The third kappa shape index (κ3) is 3.33. The Morgan fingerprint density at radius 2 is 1.59 bits per heavy atom. The van der Waals surface area contributed by atoms with Crippen LogP contribution in [0.5, 0.6) is 5.75 Å². The minimum atomic E-state index is -1.76. The van der Waals surface area contributed by atoms with E-state index in [1.54, 1.807) is 25.8 Å². The third-order valence-corrected chi connectivity index (χ3v) is 17.4. The Morgan fingerprint density at radius 1 is 0.795 bits per heavy atom. The van der Waals surface area contributed by atoms with Crippen LogP contribution >= 0.6 is 0 Å². The van der Waals surface area contributed by atoms with Gasteiger partial charge in [0, 0.05) is 0 Å². The summed E-state index contributed by atoms with van der Waals surface area (Å²) in [7, 11) is -1.76. The molecule has 0 bridgehead atoms. The number of allylic oxidation sites excluding steroid dienone is 2. The van der Waals surface area contributed by atoms with Crippen LogP contribution in [0.4, 0.5) is 11.4 Å². The molecule has 8 rings (SSSR count). The number of rotatable bonds is 3. The molecule has 0 saturated heterocycles. The predicted octanol–water partition coefficient (Wildman–Crippen LogP) is 3.40. The molecule has 5 heteroatoms. The van der Waals surface area contributed by atoms with Crippen molar-refractivity contribution in [2.75, 3.05) is 4.90 Å². The second-order valence-corrected chi connectivity index (χ2v) is 18.3. The molecule has 0 saturated carbocycles. The number of benzene rings is 4. The molecule has 2 nitrogen and oxygen atoms in total. The fraction of sp³-hybridized carbons (Fsp3) is 0.235. The quantitative estimate of drug-likeness (QED) is 0.300. The summed E-state index contributed by atoms with van der Waals surface area (Å²) in [5.74, 6) is 2.15. The Bertz CT molecular complexity index is 1680. The van der Waals surface area contributed by atoms with E-state index in [-0.39, 0.29) is 15.0 Å². The molecule has 0 atom stereocenters. The summed E-state index contributed by atoms with van der Waals surface area (Å²) in [4.78, 5) is 2.51. The molecule has 4 aromatic rings. The summed E-state index contributed by atoms with van der Waals surface area (Å²) >= 11 is 0.288. The van der Waals surface area contributed by atoms with E-state index in [2.05, 4.69) is 104 Å². The van der Waals surface area contributed by atoms with Crippen LogP contribution in [0.25, 0.3) is 0 Å². The molecular formula is C34H32BNOSeSi. The van der Waals surface area contributed by atoms with Crippen LogP contribution in [0.15, 0.2) is 96.4 Å². The van der Waals surface area contributed by atoms with Gasteiger partial charge in [-0.05, 0) is 0 Å². The van der Waals surface area contributed by atoms with E-state index in [0.29, 0.717) is 6.71 Å². The molecule has 0 unspecified atom stereocenters. The van der Waals surface area contributed by atoms with Gasteiger partial charge in [-0.15, -0.1) is 0 Å². The second-order valence-electron chi connectivity index (χ2n) is 11.3. The summed E-state index contributed by atoms with van der Waals surface area (Å²) in [6.45, 7) is 5.23. The molecule has 4 aromatic carbocycles. The number of nitrogens with zero attached hydrogens (tertiary/aromatic N) is 1. The van der Waals surface area contributed by atoms with Gasteiger partial charge in [0.2, 0.25) is 0 Å². The van der Waals surface area contributed by atoms with Crippen molar-refractivity contribution in [3.05, 3.63) is 96.4 Å². The molecule has 39 heavy (non-hydrogen) atoms. The van der Waals surface area contributed by atoms with E-state index in [0.717, 1.165) is 18.6 Å². The summed E-state index contributed by atoms with van der Waals surface area (Å²) in [5.41, 5.74) is 8.59. The molecule has 1 aliphatic carbocycles. The van der Waals surface area contributed by atoms with E-state index in [1.807, 2.05) is 0 Å². The first-order valence-electron chi connectivity index (χ1n) is 14.6. The fourth-order valence-corrected chi connectivity index (χ4v) is 15.2. The maximum absolute atomic E-state index is 6.43. The number of hydrogen-bond donors (Lipinski definition) is 0. The van der Waals surface area contributed by atoms with Crippen molar-refractivity contribution in [3.63, 3.8) is 0 Å². The third-order valence-electron chi connectivity index (χ3n) is 9.65. The van der Waals surface area contributed by atoms with Gasteiger partial charge in [-0.1, -0.05) is 0 Å². The zero-order valence-electron chi connectivity index (χ0n) is 22.7. The summed E-state index contributed by atoms with van der Waals surface area (Å²) < 4.78 is 9.56. The summed E-state index contributed by atoms with van der Waals surface area (Å²) in [6.07, 6.45) is 4.55. The SMILES string of the molecule is CC[Si]1(CC)c2ccccc2B2c3ccc(N4C5=C(CCCC5)Oc5ccccc54)cc3[Se]c3cccc1c32. The van der Waals surface area contributed by atoms with Gasteiger partial charge in [-0.2, -0.15) is 0 Å². The standard InChI is InChI=1S/C34H32BNOSeSi/c1-3-39(4-2)32-18-10-5-12-25(32)35-24-21-20-23(22-31(24)38-30-17-11-19-33(39)34(30)35)36-26-13-6-8-15-28(26)37-29-16-9-7-14-27(29)36/h5-6,8,10-13,15,17-22H,3-4,7,9,14,16H2,1-2H3. The van der Waals surface area contributed by atoms with Crippen LogP contribution in [0.1, 0.15) is 39.5 Å². The van der Waals surface area contributed by atoms with E-state index < -0.39 is 8.07 Å². The number of para-hydroxylation sites is 2. The van der Waals surface area contributed by atoms with Gasteiger partial charge in [0.05, 0.1) is 0 Å². The van der Waals surface area contributed by atoms with Crippen LogP contribution in [0, 0.1) is 0 Å². The van der Waals surface area contributed by atoms with Crippen molar-refractivity contribution >= 4 is 76.8 Å². The molecule has 0 N–H and O–H groups in total. The summed E-state index contributed by atoms with van der Waals surface area (Å²) in [6, 6.07) is 35.3. The normalized spacial score (nSPS) is 17.9. The van der Waals surface area contributed by atoms with Gasteiger partial charge in [0.1, 0.15) is 0 Å². The zero-order valence-corrected chi connectivity index (χ0v) is 25.4. The molecule has 3 aliphatic heterocycles. The van der Waals surface area contributed by atoms with E-state index >= 15 is 0 Å². The van der Waals surface area contributed by atoms with Crippen molar-refractivity contribution < 1.29 is 4.74 Å². The van der Waals surface area contributed by atoms with Crippen LogP contribution in [-0.2, 0) is 0 Å². The fourth-order valence-electron chi connectivity index (χ4n) is 7.78. The molecule has 0 aromatic heterocycles. The van der Waals surface area contributed by atoms with Gasteiger partial charge in [-0.25, -0.2) is 0 Å². The Morgan fingerprint density at radius 3 is 2.49 bits per heavy atom. The number of fused-ring (bicyclic) bond motifs is 5. The number of anilines is 2. The molecule has 0 radical (unpaired) electrons. The van der Waals surface area contributed by atoms with Gasteiger partial charge in [0.15, 0.2) is 0 Å². The van der Waals surface area contributed by atoms with Crippen LogP contribution < -0.4 is 45.3 Å². The Labute approximate surface area is 239 Å². The molecule has 4 aliphatic rings. The average molecular weight is 588 g/mol. The molecule has 0 spiro atoms. The molecular weight excluding hydrogens is 556 g/mol. The average Bonchev–Trinajstić information content (AvgIpc) is 2.99. The van der Waals surface area contributed by atoms with Crippen LogP contribution in [0.2, 0.25) is 12.1 Å². The van der Waals surface area contributed by atoms with Crippen molar-refractivity contribution in [3.8, 4) is 5.75 Å². The first-order valence-corrected chi connectivity index (χ1v) is 18.7. The molecule has 192 valence electrons. The minimum absolute atomic E-state index is 0.288. The first-order chi connectivity index (χ1) is 19.2. The van der Waals surface area contributed by atoms with Gasteiger partial charge >= 0.3 is 240 Å². The number of ether oxygens (including phenoxy) is 1. The van der Waals surface area contributed by atoms with Crippen molar-refractivity contribution in [1.29, 1.82) is 0 Å². The monoisotopic (exact) mass is 589 g/mol. The Balaban J connectivity index is 1.32. The first kappa shape index (κ1) is 23.9. The van der Waals surface area contributed by atoms with Crippen molar-refractivity contribution in [2.24, 2.45) is 0 Å². The molecule has 3 heterocycles. The Hall–Kier alpha value is -2.98. The van der Waals surface area contributed by atoms with Gasteiger partial charge in [-0.3, -0.25) is 0 Å². The van der Waals surface area contributed by atoms with Gasteiger partial charge in [0.25, 0.3) is 0 Å². The van der Waals surface area contributed by atoms with Gasteiger partial charge < -0.3 is 0 Å². The summed E-state index contributed by atoms with van der Waals surface area (Å²) in [5, 5.41) is 3.39. The topological polar surface area (TPSA) is 12.5 Å². The van der Waals surface area contributed by atoms with Crippen LogP contribution in [0.3, 0.4) is 0 Å². The van der Waals surface area contributed by atoms with Crippen molar-refractivity contribution in [1.82, 2.24) is 0 Å². The predicted molar refractivity (Wildman–Crippen MR) is 170 cm³/mol. The van der Waals surface area contributed by atoms with E-state index in [9.17, 15) is 0 Å². The zero-order chi connectivity index (χ0) is 26.1. The van der Waals surface area contributed by atoms with Crippen molar-refractivity contribution in [2.45, 2.75) is 51.6 Å². The molecule has 0 amide bonds. The van der Waals surface area contributed by atoms with E-state index in [1.165, 1.54) is 57.7 Å². The Kier molecular flexibility index (Phi) is 5.52. The second kappa shape index (κ2) is 9.02. The van der Waals surface area contributed by atoms with E-state index in [4.69, 9.17) is 4.74 Å². The van der Waals surface area contributed by atoms with Crippen LogP contribution in [-0.4, -0.2) is 29.7 Å². The molecule has 0 fully saturated rings.